The molecule has 0 fully saturated rings. The van der Waals surface area contributed by atoms with E-state index in [2.05, 4.69) is 60.8 Å². The molecule has 0 radical (unpaired) electrons. The Morgan fingerprint density at radius 3 is 1.78 bits per heavy atom. The lowest BCUT2D eigenvalue weighted by atomic mass is 10.1. The van der Waals surface area contributed by atoms with Crippen LogP contribution in [0.1, 0.15) is 81.1 Å². The van der Waals surface area contributed by atoms with Crippen LogP contribution in [0.2, 0.25) is 0 Å². The van der Waals surface area contributed by atoms with E-state index in [4.69, 9.17) is 9.47 Å². The number of alkyl halides is 3. The molecule has 0 heterocycles. The molecular formula is C35H42F3NO7. The summed E-state index contributed by atoms with van der Waals surface area (Å²) in [6.07, 6.45) is 25.6. The van der Waals surface area contributed by atoms with Gasteiger partial charge in [-0.2, -0.15) is 13.2 Å². The van der Waals surface area contributed by atoms with E-state index in [9.17, 15) is 37.5 Å². The summed E-state index contributed by atoms with van der Waals surface area (Å²) in [5.41, 5.74) is -1.68. The number of aliphatic carboxylic acids is 1. The molecule has 8 nitrogen and oxygen atoms in total. The number of carboxylic acid groups (broad SMARTS) is 1. The summed E-state index contributed by atoms with van der Waals surface area (Å²) in [6.45, 7) is 2.24. The van der Waals surface area contributed by atoms with Gasteiger partial charge < -0.3 is 19.9 Å². The van der Waals surface area contributed by atoms with Crippen molar-refractivity contribution in [1.82, 2.24) is 5.32 Å². The third-order valence-corrected chi connectivity index (χ3v) is 5.93. The van der Waals surface area contributed by atoms with E-state index in [0.29, 0.717) is 25.0 Å². The Morgan fingerprint density at radius 2 is 1.33 bits per heavy atom. The Kier molecular flexibility index (Phi) is 19.5. The lowest BCUT2D eigenvalue weighted by Gasteiger charge is -2.16. The molecule has 46 heavy (non-hydrogen) atoms. The maximum Gasteiger partial charge on any atom is 0.416 e. The highest BCUT2D eigenvalue weighted by molar-refractivity contribution is 5.94. The van der Waals surface area contributed by atoms with Crippen molar-refractivity contribution in [1.29, 1.82) is 0 Å². The number of esters is 2. The summed E-state index contributed by atoms with van der Waals surface area (Å²) in [5.74, 6) is -4.99. The van der Waals surface area contributed by atoms with Gasteiger partial charge >= 0.3 is 24.1 Å². The summed E-state index contributed by atoms with van der Waals surface area (Å²) in [5, 5.41) is 11.6. The summed E-state index contributed by atoms with van der Waals surface area (Å²) in [4.78, 5) is 47.5. The second kappa shape index (κ2) is 22.8. The lowest BCUT2D eigenvalue weighted by molar-refractivity contribution is -0.143. The zero-order valence-corrected chi connectivity index (χ0v) is 26.1. The molecule has 1 unspecified atom stereocenters. The summed E-state index contributed by atoms with van der Waals surface area (Å²) in [7, 11) is 0. The Morgan fingerprint density at radius 1 is 0.826 bits per heavy atom. The molecule has 0 aliphatic rings. The van der Waals surface area contributed by atoms with Crippen LogP contribution in [-0.4, -0.2) is 41.6 Å². The van der Waals surface area contributed by atoms with Gasteiger partial charge in [-0.15, -0.1) is 0 Å². The van der Waals surface area contributed by atoms with Gasteiger partial charge in [0.05, 0.1) is 5.56 Å². The quantitative estimate of drug-likeness (QED) is 0.0843. The molecule has 0 bridgehead atoms. The number of rotatable bonds is 20. The minimum atomic E-state index is -4.76. The van der Waals surface area contributed by atoms with Gasteiger partial charge in [0.25, 0.3) is 0 Å². The molecular weight excluding hydrogens is 603 g/mol. The SMILES string of the molecule is CCC=CCC=CCC=CCC=CCC=CCC=CCCC(=O)NC(COC(=O)c1ccc(C(F)(F)F)cc1OC(C)=O)C(=O)O. The van der Waals surface area contributed by atoms with Gasteiger partial charge in [-0.05, 0) is 63.1 Å². The van der Waals surface area contributed by atoms with E-state index < -0.39 is 59.5 Å². The molecule has 1 aromatic rings. The normalized spacial score (nSPS) is 13.1. The number of amides is 1. The highest BCUT2D eigenvalue weighted by Crippen LogP contribution is 2.33. The average molecular weight is 646 g/mol. The predicted octanol–water partition coefficient (Wildman–Crippen LogP) is 7.83. The summed E-state index contributed by atoms with van der Waals surface area (Å²) < 4.78 is 48.7. The van der Waals surface area contributed by atoms with Crippen LogP contribution in [0.5, 0.6) is 5.75 Å². The third-order valence-electron chi connectivity index (χ3n) is 5.93. The van der Waals surface area contributed by atoms with Crippen molar-refractivity contribution < 1.29 is 46.9 Å². The molecule has 0 aliphatic heterocycles. The second-order valence-corrected chi connectivity index (χ2v) is 9.81. The molecule has 11 heteroatoms. The zero-order valence-electron chi connectivity index (χ0n) is 26.1. The Hall–Kier alpha value is -4.67. The van der Waals surface area contributed by atoms with Gasteiger partial charge in [0, 0.05) is 13.3 Å². The first-order chi connectivity index (χ1) is 22.0. The molecule has 2 N–H and O–H groups in total. The number of carbonyl (C=O) groups is 4. The topological polar surface area (TPSA) is 119 Å². The van der Waals surface area contributed by atoms with Crippen molar-refractivity contribution in [3.05, 3.63) is 102 Å². The summed E-state index contributed by atoms with van der Waals surface area (Å²) in [6, 6.07) is 0.205. The molecule has 0 saturated carbocycles. The molecule has 0 saturated heterocycles. The maximum absolute atomic E-state index is 13.0. The molecule has 1 amide bonds. The minimum Gasteiger partial charge on any atom is -0.480 e. The van der Waals surface area contributed by atoms with Crippen molar-refractivity contribution in [2.24, 2.45) is 0 Å². The molecule has 1 rings (SSSR count). The van der Waals surface area contributed by atoms with Gasteiger partial charge in [0.15, 0.2) is 6.04 Å². The highest BCUT2D eigenvalue weighted by Gasteiger charge is 2.32. The molecule has 0 spiro atoms. The van der Waals surface area contributed by atoms with Crippen molar-refractivity contribution in [2.45, 2.75) is 77.4 Å². The third kappa shape index (κ3) is 18.2. The van der Waals surface area contributed by atoms with E-state index in [1.54, 1.807) is 6.08 Å². The second-order valence-electron chi connectivity index (χ2n) is 9.81. The lowest BCUT2D eigenvalue weighted by Crippen LogP contribution is -2.44. The fraction of sp³-hybridized carbons (Fsp3) is 0.371. The number of hydrogen-bond donors (Lipinski definition) is 2. The van der Waals surface area contributed by atoms with Crippen LogP contribution in [0.25, 0.3) is 0 Å². The number of benzene rings is 1. The maximum atomic E-state index is 13.0. The first kappa shape index (κ1) is 39.4. The smallest absolute Gasteiger partial charge is 0.416 e. The van der Waals surface area contributed by atoms with Crippen LogP contribution < -0.4 is 10.1 Å². The molecule has 1 aromatic carbocycles. The van der Waals surface area contributed by atoms with Crippen LogP contribution in [-0.2, 0) is 25.3 Å². The van der Waals surface area contributed by atoms with Crippen LogP contribution in [0.4, 0.5) is 13.2 Å². The van der Waals surface area contributed by atoms with E-state index in [-0.39, 0.29) is 6.42 Å². The van der Waals surface area contributed by atoms with E-state index >= 15 is 0 Å². The fourth-order valence-electron chi connectivity index (χ4n) is 3.64. The number of ether oxygens (including phenoxy) is 2. The highest BCUT2D eigenvalue weighted by atomic mass is 19.4. The van der Waals surface area contributed by atoms with Gasteiger partial charge in [-0.3, -0.25) is 9.59 Å². The Labute approximate surface area is 268 Å². The number of carbonyl (C=O) groups excluding carboxylic acids is 3. The number of halogens is 3. The van der Waals surface area contributed by atoms with Crippen molar-refractivity contribution >= 4 is 23.8 Å². The predicted molar refractivity (Wildman–Crippen MR) is 170 cm³/mol. The number of hydrogen-bond acceptors (Lipinski definition) is 6. The first-order valence-electron chi connectivity index (χ1n) is 14.9. The largest absolute Gasteiger partial charge is 0.480 e. The van der Waals surface area contributed by atoms with Crippen LogP contribution in [0.15, 0.2) is 91.1 Å². The Balaban J connectivity index is 2.40. The first-order valence-corrected chi connectivity index (χ1v) is 14.9. The number of carboxylic acids is 1. The van der Waals surface area contributed by atoms with Crippen LogP contribution in [0, 0.1) is 0 Å². The summed E-state index contributed by atoms with van der Waals surface area (Å²) >= 11 is 0. The van der Waals surface area contributed by atoms with Gasteiger partial charge in [0.2, 0.25) is 5.91 Å². The Bertz CT molecular complexity index is 1310. The van der Waals surface area contributed by atoms with Crippen molar-refractivity contribution in [3.8, 4) is 5.75 Å². The van der Waals surface area contributed by atoms with E-state index in [1.807, 2.05) is 18.2 Å². The minimum absolute atomic E-state index is 0.0185. The van der Waals surface area contributed by atoms with Gasteiger partial charge in [-0.1, -0.05) is 79.8 Å². The number of allylic oxidation sites excluding steroid dienone is 12. The molecule has 250 valence electrons. The standard InChI is InChI=1S/C35H42F3NO7/c1-3-4-5-6-7-8-9-10-11-12-13-14-15-16-17-18-19-20-21-22-32(41)39-30(33(42)43)26-45-34(44)29-24-23-28(35(36,37)38)25-31(29)46-27(2)40/h4-5,7-8,10-11,13-14,16-17,19-20,23-25,30H,3,6,9,12,15,18,21-22,26H2,1-2H3,(H,39,41)(H,42,43). The van der Waals surface area contributed by atoms with Gasteiger partial charge in [-0.25, -0.2) is 9.59 Å². The monoisotopic (exact) mass is 645 g/mol. The van der Waals surface area contributed by atoms with Crippen LogP contribution >= 0.6 is 0 Å². The van der Waals surface area contributed by atoms with Crippen molar-refractivity contribution in [2.75, 3.05) is 6.61 Å². The van der Waals surface area contributed by atoms with Crippen molar-refractivity contribution in [3.63, 3.8) is 0 Å². The fourth-order valence-corrected chi connectivity index (χ4v) is 3.64. The van der Waals surface area contributed by atoms with Gasteiger partial charge in [0.1, 0.15) is 17.9 Å². The van der Waals surface area contributed by atoms with E-state index in [1.165, 1.54) is 0 Å². The average Bonchev–Trinajstić information content (AvgIpc) is 2.99. The molecule has 0 aromatic heterocycles. The van der Waals surface area contributed by atoms with E-state index in [0.717, 1.165) is 45.1 Å². The molecule has 0 aliphatic carbocycles. The molecule has 1 atom stereocenters. The van der Waals surface area contributed by atoms with Crippen LogP contribution in [0.3, 0.4) is 0 Å². The number of nitrogens with one attached hydrogen (secondary N) is 1. The zero-order chi connectivity index (χ0) is 34.2.